The highest BCUT2D eigenvalue weighted by atomic mass is 16.5. The number of amides is 1. The van der Waals surface area contributed by atoms with Gasteiger partial charge >= 0.3 is 0 Å². The molecule has 0 bridgehead atoms. The predicted molar refractivity (Wildman–Crippen MR) is 97.0 cm³/mol. The fourth-order valence-electron chi connectivity index (χ4n) is 2.45. The average molecular weight is 317 g/mol. The maximum absolute atomic E-state index is 12.5. The van der Waals surface area contributed by atoms with E-state index < -0.39 is 6.10 Å². The number of carbonyl (C=O) groups excluding carboxylic acids is 1. The molecule has 0 aliphatic carbocycles. The molecule has 24 heavy (non-hydrogen) atoms. The second-order valence-electron chi connectivity index (χ2n) is 5.47. The second-order valence-corrected chi connectivity index (χ2v) is 5.47. The van der Waals surface area contributed by atoms with Crippen LogP contribution in [0.4, 0.5) is 5.69 Å². The van der Waals surface area contributed by atoms with Crippen LogP contribution in [-0.2, 0) is 4.79 Å². The van der Waals surface area contributed by atoms with Gasteiger partial charge in [0.15, 0.2) is 6.10 Å². The molecule has 0 radical (unpaired) electrons. The van der Waals surface area contributed by atoms with Crippen molar-refractivity contribution >= 4 is 11.6 Å². The van der Waals surface area contributed by atoms with E-state index in [4.69, 9.17) is 4.74 Å². The third kappa shape index (κ3) is 3.82. The number of carbonyl (C=O) groups is 1. The van der Waals surface area contributed by atoms with Crippen molar-refractivity contribution in [2.45, 2.75) is 13.0 Å². The van der Waals surface area contributed by atoms with Gasteiger partial charge in [0.1, 0.15) is 5.75 Å². The van der Waals surface area contributed by atoms with Gasteiger partial charge in [0.25, 0.3) is 5.91 Å². The Morgan fingerprint density at radius 2 is 1.42 bits per heavy atom. The zero-order chi connectivity index (χ0) is 16.8. The zero-order valence-electron chi connectivity index (χ0n) is 13.5. The van der Waals surface area contributed by atoms with Crippen LogP contribution in [0.15, 0.2) is 84.9 Å². The van der Waals surface area contributed by atoms with Gasteiger partial charge < -0.3 is 10.1 Å². The number of rotatable bonds is 5. The Labute approximate surface area is 141 Å². The third-order valence-electron chi connectivity index (χ3n) is 3.70. The van der Waals surface area contributed by atoms with Gasteiger partial charge in [-0.3, -0.25) is 4.79 Å². The van der Waals surface area contributed by atoms with E-state index in [-0.39, 0.29) is 5.91 Å². The lowest BCUT2D eigenvalue weighted by atomic mass is 10.0. The zero-order valence-corrected chi connectivity index (χ0v) is 13.5. The first-order valence-corrected chi connectivity index (χ1v) is 7.91. The predicted octanol–water partition coefficient (Wildman–Crippen LogP) is 4.76. The fraction of sp³-hybridized carbons (Fsp3) is 0.0952. The van der Waals surface area contributed by atoms with E-state index in [0.29, 0.717) is 5.75 Å². The maximum Gasteiger partial charge on any atom is 0.265 e. The van der Waals surface area contributed by atoms with Crippen LogP contribution in [0.25, 0.3) is 11.1 Å². The monoisotopic (exact) mass is 317 g/mol. The van der Waals surface area contributed by atoms with E-state index >= 15 is 0 Å². The topological polar surface area (TPSA) is 38.3 Å². The van der Waals surface area contributed by atoms with E-state index in [1.54, 1.807) is 6.92 Å². The summed E-state index contributed by atoms with van der Waals surface area (Å²) in [4.78, 5) is 12.5. The van der Waals surface area contributed by atoms with Crippen molar-refractivity contribution in [2.75, 3.05) is 5.32 Å². The normalized spacial score (nSPS) is 11.5. The first-order valence-electron chi connectivity index (χ1n) is 7.91. The van der Waals surface area contributed by atoms with E-state index in [0.717, 1.165) is 16.8 Å². The number of para-hydroxylation sites is 2. The molecular formula is C21H19NO2. The molecule has 0 fully saturated rings. The van der Waals surface area contributed by atoms with Gasteiger partial charge in [-0.2, -0.15) is 0 Å². The summed E-state index contributed by atoms with van der Waals surface area (Å²) < 4.78 is 5.68. The summed E-state index contributed by atoms with van der Waals surface area (Å²) in [5, 5.41) is 2.97. The van der Waals surface area contributed by atoms with Gasteiger partial charge in [-0.15, -0.1) is 0 Å². The Hall–Kier alpha value is -3.07. The summed E-state index contributed by atoms with van der Waals surface area (Å²) in [5.74, 6) is 0.499. The van der Waals surface area contributed by atoms with Crippen molar-refractivity contribution in [3.05, 3.63) is 84.9 Å². The fourth-order valence-corrected chi connectivity index (χ4v) is 2.45. The number of hydrogen-bond donors (Lipinski definition) is 1. The van der Waals surface area contributed by atoms with Gasteiger partial charge in [-0.25, -0.2) is 0 Å². The quantitative estimate of drug-likeness (QED) is 0.737. The van der Waals surface area contributed by atoms with Crippen LogP contribution in [0.5, 0.6) is 5.75 Å². The summed E-state index contributed by atoms with van der Waals surface area (Å²) in [7, 11) is 0. The lowest BCUT2D eigenvalue weighted by Gasteiger charge is -2.16. The minimum Gasteiger partial charge on any atom is -0.481 e. The summed E-state index contributed by atoms with van der Waals surface area (Å²) >= 11 is 0. The van der Waals surface area contributed by atoms with Crippen molar-refractivity contribution in [3.63, 3.8) is 0 Å². The first-order chi connectivity index (χ1) is 11.7. The first kappa shape index (κ1) is 15.8. The lowest BCUT2D eigenvalue weighted by Crippen LogP contribution is -2.30. The Morgan fingerprint density at radius 1 is 0.833 bits per heavy atom. The van der Waals surface area contributed by atoms with Crippen LogP contribution in [0.3, 0.4) is 0 Å². The van der Waals surface area contributed by atoms with Gasteiger partial charge in [0, 0.05) is 11.3 Å². The lowest BCUT2D eigenvalue weighted by molar-refractivity contribution is -0.122. The minimum atomic E-state index is -0.587. The molecule has 3 aromatic carbocycles. The second kappa shape index (κ2) is 7.47. The van der Waals surface area contributed by atoms with Crippen molar-refractivity contribution in [2.24, 2.45) is 0 Å². The van der Waals surface area contributed by atoms with E-state index in [1.165, 1.54) is 0 Å². The largest absolute Gasteiger partial charge is 0.481 e. The molecule has 1 N–H and O–H groups in total. The molecule has 0 unspecified atom stereocenters. The molecular weight excluding hydrogens is 298 g/mol. The molecule has 0 aromatic heterocycles. The molecule has 120 valence electrons. The van der Waals surface area contributed by atoms with Gasteiger partial charge in [-0.05, 0) is 30.7 Å². The number of anilines is 1. The highest BCUT2D eigenvalue weighted by molar-refractivity contribution is 5.97. The average Bonchev–Trinajstić information content (AvgIpc) is 2.63. The van der Waals surface area contributed by atoms with E-state index in [9.17, 15) is 4.79 Å². The summed E-state index contributed by atoms with van der Waals surface area (Å²) in [6.45, 7) is 1.74. The molecule has 0 heterocycles. The molecule has 0 saturated carbocycles. The van der Waals surface area contributed by atoms with E-state index in [1.807, 2.05) is 84.9 Å². The van der Waals surface area contributed by atoms with E-state index in [2.05, 4.69) is 5.32 Å². The molecule has 0 spiro atoms. The van der Waals surface area contributed by atoms with Crippen molar-refractivity contribution in [1.82, 2.24) is 0 Å². The molecule has 3 nitrogen and oxygen atoms in total. The summed E-state index contributed by atoms with van der Waals surface area (Å²) in [6.07, 6.45) is -0.587. The Bertz CT molecular complexity index is 800. The smallest absolute Gasteiger partial charge is 0.265 e. The molecule has 1 amide bonds. The molecule has 1 atom stereocenters. The van der Waals surface area contributed by atoms with Crippen LogP contribution in [0, 0.1) is 0 Å². The highest BCUT2D eigenvalue weighted by Crippen LogP contribution is 2.27. The molecule has 0 aliphatic heterocycles. The molecule has 3 heteroatoms. The molecule has 3 aromatic rings. The molecule has 3 rings (SSSR count). The Balaban J connectivity index is 1.75. The van der Waals surface area contributed by atoms with Crippen LogP contribution in [0.1, 0.15) is 6.92 Å². The number of hydrogen-bond acceptors (Lipinski definition) is 2. The summed E-state index contributed by atoms with van der Waals surface area (Å²) in [5.41, 5.74) is 2.82. The maximum atomic E-state index is 12.5. The Morgan fingerprint density at radius 3 is 2.12 bits per heavy atom. The van der Waals surface area contributed by atoms with Crippen LogP contribution >= 0.6 is 0 Å². The molecule has 0 aliphatic rings. The van der Waals surface area contributed by atoms with Crippen molar-refractivity contribution in [3.8, 4) is 16.9 Å². The van der Waals surface area contributed by atoms with Crippen LogP contribution in [-0.4, -0.2) is 12.0 Å². The van der Waals surface area contributed by atoms with Gasteiger partial charge in [0.05, 0.1) is 0 Å². The Kier molecular flexibility index (Phi) is 4.92. The number of ether oxygens (including phenoxy) is 1. The number of benzene rings is 3. The standard InChI is InChI=1S/C21H19NO2/c1-16(24-18-12-6-3-7-13-18)21(23)22-20-15-9-8-14-19(20)17-10-4-2-5-11-17/h2-16H,1H3,(H,22,23)/t16-/m1/s1. The van der Waals surface area contributed by atoms with Gasteiger partial charge in [0.2, 0.25) is 0 Å². The highest BCUT2D eigenvalue weighted by Gasteiger charge is 2.16. The van der Waals surface area contributed by atoms with Crippen LogP contribution in [0.2, 0.25) is 0 Å². The van der Waals surface area contributed by atoms with Crippen LogP contribution < -0.4 is 10.1 Å². The number of nitrogens with one attached hydrogen (secondary N) is 1. The molecule has 0 saturated heterocycles. The summed E-state index contributed by atoms with van der Waals surface area (Å²) in [6, 6.07) is 27.1. The van der Waals surface area contributed by atoms with Crippen molar-refractivity contribution < 1.29 is 9.53 Å². The minimum absolute atomic E-state index is 0.178. The third-order valence-corrected chi connectivity index (χ3v) is 3.70. The van der Waals surface area contributed by atoms with Crippen molar-refractivity contribution in [1.29, 1.82) is 0 Å². The SMILES string of the molecule is C[C@@H](Oc1ccccc1)C(=O)Nc1ccccc1-c1ccccc1. The van der Waals surface area contributed by atoms with Gasteiger partial charge in [-0.1, -0.05) is 66.7 Å².